The third-order valence-corrected chi connectivity index (χ3v) is 8.02. The number of nitrogens with zero attached hydrogens (tertiary/aromatic N) is 6. The molecule has 0 radical (unpaired) electrons. The minimum atomic E-state index is -4.25. The molecule has 0 bridgehead atoms. The van der Waals surface area contributed by atoms with E-state index in [0.717, 1.165) is 0 Å². The fourth-order valence-corrected chi connectivity index (χ4v) is 5.75. The van der Waals surface area contributed by atoms with Gasteiger partial charge in [-0.2, -0.15) is 15.1 Å². The fraction of sp³-hybridized carbons (Fsp3) is 0.714. The lowest BCUT2D eigenvalue weighted by Crippen LogP contribution is -2.54. The normalized spacial score (nSPS) is 20.5. The molecule has 2 saturated heterocycles. The van der Waals surface area contributed by atoms with E-state index in [1.165, 1.54) is 0 Å². The molecule has 2 unspecified atom stereocenters. The summed E-state index contributed by atoms with van der Waals surface area (Å²) >= 11 is 6.35. The van der Waals surface area contributed by atoms with Gasteiger partial charge in [0.1, 0.15) is 18.8 Å². The highest BCUT2D eigenvalue weighted by molar-refractivity contribution is 7.51. The largest absolute Gasteiger partial charge is 0.379 e. The van der Waals surface area contributed by atoms with Crippen LogP contribution in [0.25, 0.3) is 11.0 Å². The van der Waals surface area contributed by atoms with Crippen LogP contribution in [0, 0.1) is 12.3 Å². The molecule has 0 aliphatic carbocycles. The number of anilines is 1. The summed E-state index contributed by atoms with van der Waals surface area (Å²) in [7, 11) is -4.25. The van der Waals surface area contributed by atoms with E-state index in [-0.39, 0.29) is 43.0 Å². The second-order valence-corrected chi connectivity index (χ2v) is 12.7. The number of fused-ring (bicyclic) bond motifs is 1. The summed E-state index contributed by atoms with van der Waals surface area (Å²) in [6.07, 6.45) is 6.87. The number of carbonyl (C=O) groups excluding carboxylic acids is 1. The van der Waals surface area contributed by atoms with Crippen LogP contribution < -0.4 is 4.90 Å². The summed E-state index contributed by atoms with van der Waals surface area (Å²) in [5.41, 5.74) is 0.516. The van der Waals surface area contributed by atoms with Crippen LogP contribution in [0.4, 0.5) is 5.82 Å². The van der Waals surface area contributed by atoms with Gasteiger partial charge in [0.25, 0.3) is 0 Å². The Balaban J connectivity index is 1.19. The highest BCUT2D eigenvalue weighted by Gasteiger charge is 2.32. The summed E-state index contributed by atoms with van der Waals surface area (Å²) in [6.45, 7) is 6.84. The van der Waals surface area contributed by atoms with Crippen molar-refractivity contribution < 1.29 is 47.6 Å². The van der Waals surface area contributed by atoms with Crippen molar-refractivity contribution in [3.8, 4) is 12.3 Å². The van der Waals surface area contributed by atoms with Gasteiger partial charge in [0.2, 0.25) is 11.2 Å². The summed E-state index contributed by atoms with van der Waals surface area (Å²) in [6, 6.07) is -0.0764. The number of hydrogen-bond donors (Lipinski definition) is 2. The van der Waals surface area contributed by atoms with Gasteiger partial charge in [-0.1, -0.05) is 5.92 Å². The molecule has 1 amide bonds. The Bertz CT molecular complexity index is 1360. The quantitative estimate of drug-likeness (QED) is 0.0937. The maximum absolute atomic E-state index is 12.9. The van der Waals surface area contributed by atoms with Crippen LogP contribution in [0.1, 0.15) is 32.4 Å². The lowest BCUT2D eigenvalue weighted by atomic mass is 10.1. The molecule has 18 heteroatoms. The number of halogens is 1. The minimum Gasteiger partial charge on any atom is -0.379 e. The Morgan fingerprint density at radius 2 is 1.76 bits per heavy atom. The first kappa shape index (κ1) is 36.4. The average Bonchev–Trinajstić information content (AvgIpc) is 3.65. The van der Waals surface area contributed by atoms with Crippen molar-refractivity contribution in [2.24, 2.45) is 0 Å². The lowest BCUT2D eigenvalue weighted by molar-refractivity contribution is -0.134. The SMILES string of the molecule is C#CCOCCOCCOCCOCCC(=O)N1CCN(c2nc(Cl)nc3c2cnn3C2CCC(COCP(=O)(O)O)O2)C[C@@H]1C. The van der Waals surface area contributed by atoms with Crippen LogP contribution in [0.5, 0.6) is 0 Å². The third kappa shape index (κ3) is 11.1. The highest BCUT2D eigenvalue weighted by atomic mass is 35.5. The van der Waals surface area contributed by atoms with Crippen LogP contribution in [0.2, 0.25) is 5.28 Å². The maximum atomic E-state index is 12.9. The molecule has 2 aromatic rings. The first-order chi connectivity index (χ1) is 22.2. The summed E-state index contributed by atoms with van der Waals surface area (Å²) in [5.74, 6) is 3.04. The Labute approximate surface area is 272 Å². The second kappa shape index (κ2) is 18.2. The van der Waals surface area contributed by atoms with Crippen molar-refractivity contribution in [3.63, 3.8) is 0 Å². The lowest BCUT2D eigenvalue weighted by Gasteiger charge is -2.40. The topological polar surface area (TPSA) is 180 Å². The van der Waals surface area contributed by atoms with Crippen molar-refractivity contribution in [1.82, 2.24) is 24.6 Å². The predicted molar refractivity (Wildman–Crippen MR) is 166 cm³/mol. The molecule has 2 aliphatic rings. The second-order valence-electron chi connectivity index (χ2n) is 10.8. The standard InChI is InChI=1S/C28H42ClN6O10P/c1-3-9-40-11-13-42-15-16-43-14-12-41-10-6-24(36)34-8-7-33(18-21(34)2)26-23-17-30-35(27(23)32-28(29)31-26)25-5-4-22(45-25)19-44-20-46(37,38)39/h1,17,21-22,25H,4-16,18-20H2,2H3,(H2,37,38,39)/t21-,22?,25?/m0/s1. The van der Waals surface area contributed by atoms with E-state index in [4.69, 9.17) is 56.2 Å². The van der Waals surface area contributed by atoms with Crippen molar-refractivity contribution in [1.29, 1.82) is 0 Å². The van der Waals surface area contributed by atoms with Gasteiger partial charge in [0, 0.05) is 25.7 Å². The van der Waals surface area contributed by atoms with E-state index in [1.54, 1.807) is 10.9 Å². The van der Waals surface area contributed by atoms with Crippen molar-refractivity contribution in [2.45, 2.75) is 44.6 Å². The summed E-state index contributed by atoms with van der Waals surface area (Å²) in [4.78, 5) is 43.8. The van der Waals surface area contributed by atoms with Gasteiger partial charge in [-0.25, -0.2) is 4.68 Å². The zero-order chi connectivity index (χ0) is 32.9. The number of ether oxygens (including phenoxy) is 6. The Hall–Kier alpha value is -2.42. The average molecular weight is 689 g/mol. The molecule has 2 aromatic heterocycles. The molecule has 4 rings (SSSR count). The first-order valence-electron chi connectivity index (χ1n) is 15.1. The number of terminal acetylenes is 1. The molecule has 0 aromatic carbocycles. The number of carbonyl (C=O) groups is 1. The molecular formula is C28H42ClN6O10P. The Kier molecular flexibility index (Phi) is 14.4. The van der Waals surface area contributed by atoms with Crippen LogP contribution >= 0.6 is 19.2 Å². The molecule has 2 aliphatic heterocycles. The van der Waals surface area contributed by atoms with Crippen LogP contribution in [0.15, 0.2) is 6.20 Å². The number of amides is 1. The summed E-state index contributed by atoms with van der Waals surface area (Å²) in [5, 5.41) is 5.28. The van der Waals surface area contributed by atoms with E-state index in [2.05, 4.69) is 25.9 Å². The van der Waals surface area contributed by atoms with Crippen molar-refractivity contribution in [2.75, 3.05) is 90.3 Å². The van der Waals surface area contributed by atoms with Gasteiger partial charge in [-0.3, -0.25) is 9.36 Å². The van der Waals surface area contributed by atoms with E-state index < -0.39 is 20.2 Å². The molecule has 0 spiro atoms. The van der Waals surface area contributed by atoms with Gasteiger partial charge in [-0.15, -0.1) is 6.42 Å². The Morgan fingerprint density at radius 1 is 1.07 bits per heavy atom. The van der Waals surface area contributed by atoms with Gasteiger partial charge in [0.15, 0.2) is 11.9 Å². The van der Waals surface area contributed by atoms with E-state index in [1.807, 2.05) is 11.8 Å². The molecule has 3 atom stereocenters. The molecule has 46 heavy (non-hydrogen) atoms. The maximum Gasteiger partial charge on any atom is 0.350 e. The van der Waals surface area contributed by atoms with E-state index in [9.17, 15) is 9.36 Å². The summed E-state index contributed by atoms with van der Waals surface area (Å²) < 4.78 is 45.4. The van der Waals surface area contributed by atoms with E-state index >= 15 is 0 Å². The smallest absolute Gasteiger partial charge is 0.350 e. The molecule has 2 N–H and O–H groups in total. The van der Waals surface area contributed by atoms with Crippen molar-refractivity contribution >= 4 is 42.0 Å². The number of piperazine rings is 1. The zero-order valence-electron chi connectivity index (χ0n) is 25.9. The van der Waals surface area contributed by atoms with Gasteiger partial charge in [0.05, 0.1) is 77.0 Å². The Morgan fingerprint density at radius 3 is 2.43 bits per heavy atom. The molecule has 0 saturated carbocycles. The third-order valence-electron chi connectivity index (χ3n) is 7.34. The minimum absolute atomic E-state index is 0.0184. The van der Waals surface area contributed by atoms with Crippen LogP contribution in [-0.4, -0.2) is 138 Å². The fourth-order valence-electron chi connectivity index (χ4n) is 5.24. The number of aromatic nitrogens is 4. The molecule has 16 nitrogen and oxygen atoms in total. The molecule has 256 valence electrons. The number of rotatable bonds is 19. The highest BCUT2D eigenvalue weighted by Crippen LogP contribution is 2.36. The predicted octanol–water partition coefficient (Wildman–Crippen LogP) is 1.44. The van der Waals surface area contributed by atoms with E-state index in [0.29, 0.717) is 95.6 Å². The van der Waals surface area contributed by atoms with Crippen LogP contribution in [-0.2, 0) is 37.8 Å². The van der Waals surface area contributed by atoms with Crippen molar-refractivity contribution in [3.05, 3.63) is 11.5 Å². The van der Waals surface area contributed by atoms with Gasteiger partial charge >= 0.3 is 7.60 Å². The molecule has 2 fully saturated rings. The molecule has 4 heterocycles. The van der Waals surface area contributed by atoms with Crippen LogP contribution in [0.3, 0.4) is 0 Å². The number of hydrogen-bond acceptors (Lipinski definition) is 12. The zero-order valence-corrected chi connectivity index (χ0v) is 27.5. The van der Waals surface area contributed by atoms with Gasteiger partial charge in [-0.05, 0) is 31.4 Å². The first-order valence-corrected chi connectivity index (χ1v) is 17.3. The molecular weight excluding hydrogens is 647 g/mol. The monoisotopic (exact) mass is 688 g/mol. The van der Waals surface area contributed by atoms with Gasteiger partial charge < -0.3 is 48.0 Å².